The van der Waals surface area contributed by atoms with Crippen molar-refractivity contribution in [3.63, 3.8) is 0 Å². The lowest BCUT2D eigenvalue weighted by molar-refractivity contribution is 0.0708. The number of β-amino-alcohol motifs (C(OH)–C–C–N with tert-alkyl or cyclic N) is 2. The molecule has 19 heavy (non-hydrogen) atoms. The van der Waals surface area contributed by atoms with Crippen LogP contribution < -0.4 is 4.74 Å². The molecular weight excluding hydrogens is 289 g/mol. The van der Waals surface area contributed by atoms with E-state index in [2.05, 4.69) is 0 Å². The summed E-state index contributed by atoms with van der Waals surface area (Å²) in [5.41, 5.74) is 0. The first-order chi connectivity index (χ1) is 9.04. The van der Waals surface area contributed by atoms with Gasteiger partial charge in [-0.25, -0.2) is 0 Å². The zero-order chi connectivity index (χ0) is 13.8. The van der Waals surface area contributed by atoms with Crippen LogP contribution in [-0.2, 0) is 0 Å². The van der Waals surface area contributed by atoms with Gasteiger partial charge in [0, 0.05) is 24.7 Å². The molecule has 1 fully saturated rings. The van der Waals surface area contributed by atoms with Crippen LogP contribution in [0.5, 0.6) is 5.75 Å². The Morgan fingerprint density at radius 3 is 2.84 bits per heavy atom. The van der Waals surface area contributed by atoms with Gasteiger partial charge < -0.3 is 14.9 Å². The average Bonchev–Trinajstić information content (AvgIpc) is 2.73. The van der Waals surface area contributed by atoms with Gasteiger partial charge in [-0.05, 0) is 24.6 Å². The van der Waals surface area contributed by atoms with Crippen molar-refractivity contribution < 1.29 is 14.9 Å². The Morgan fingerprint density at radius 2 is 2.21 bits per heavy atom. The van der Waals surface area contributed by atoms with Crippen molar-refractivity contribution in [1.82, 2.24) is 4.90 Å². The number of halogens is 2. The van der Waals surface area contributed by atoms with Crippen LogP contribution in [0.1, 0.15) is 6.42 Å². The molecule has 6 heteroatoms. The van der Waals surface area contributed by atoms with E-state index in [9.17, 15) is 10.2 Å². The van der Waals surface area contributed by atoms with Gasteiger partial charge in [0.05, 0.1) is 11.1 Å². The summed E-state index contributed by atoms with van der Waals surface area (Å²) in [5.74, 6) is 0.506. The molecule has 1 aromatic rings. The SMILES string of the molecule is OC(COc1ccc(Cl)cc1Cl)CN1CC[C@H](O)C1. The molecule has 0 spiro atoms. The van der Waals surface area contributed by atoms with Crippen molar-refractivity contribution in [3.8, 4) is 5.75 Å². The summed E-state index contributed by atoms with van der Waals surface area (Å²) in [6.07, 6.45) is -0.132. The topological polar surface area (TPSA) is 52.9 Å². The summed E-state index contributed by atoms with van der Waals surface area (Å²) in [7, 11) is 0. The van der Waals surface area contributed by atoms with Gasteiger partial charge in [-0.15, -0.1) is 0 Å². The lowest BCUT2D eigenvalue weighted by Gasteiger charge is -2.20. The van der Waals surface area contributed by atoms with Gasteiger partial charge in [0.1, 0.15) is 18.5 Å². The highest BCUT2D eigenvalue weighted by Gasteiger charge is 2.22. The normalized spacial score (nSPS) is 21.6. The highest BCUT2D eigenvalue weighted by atomic mass is 35.5. The lowest BCUT2D eigenvalue weighted by Crippen LogP contribution is -2.34. The fourth-order valence-electron chi connectivity index (χ4n) is 2.11. The number of aliphatic hydroxyl groups excluding tert-OH is 2. The van der Waals surface area contributed by atoms with Crippen LogP contribution in [0.15, 0.2) is 18.2 Å². The number of hydrogen-bond donors (Lipinski definition) is 2. The second-order valence-electron chi connectivity index (χ2n) is 4.74. The van der Waals surface area contributed by atoms with Gasteiger partial charge in [0.25, 0.3) is 0 Å². The molecule has 2 rings (SSSR count). The number of rotatable bonds is 5. The van der Waals surface area contributed by atoms with Crippen LogP contribution in [0, 0.1) is 0 Å². The molecule has 4 nitrogen and oxygen atoms in total. The maximum atomic E-state index is 9.89. The zero-order valence-corrected chi connectivity index (χ0v) is 11.9. The summed E-state index contributed by atoms with van der Waals surface area (Å²) in [6, 6.07) is 4.96. The molecule has 1 aliphatic rings. The maximum Gasteiger partial charge on any atom is 0.138 e. The molecule has 0 bridgehead atoms. The van der Waals surface area contributed by atoms with E-state index < -0.39 is 6.10 Å². The van der Waals surface area contributed by atoms with Crippen LogP contribution in [0.25, 0.3) is 0 Å². The standard InChI is InChI=1S/C13H17Cl2NO3/c14-9-1-2-13(12(15)5-9)19-8-11(18)7-16-4-3-10(17)6-16/h1-2,5,10-11,17-18H,3-4,6-8H2/t10-,11?/m0/s1. The van der Waals surface area contributed by atoms with Crippen molar-refractivity contribution in [3.05, 3.63) is 28.2 Å². The maximum absolute atomic E-state index is 9.89. The molecule has 1 aromatic carbocycles. The molecule has 0 radical (unpaired) electrons. The molecule has 1 aliphatic heterocycles. The van der Waals surface area contributed by atoms with Crippen molar-refractivity contribution >= 4 is 23.2 Å². The Hall–Kier alpha value is -0.520. The number of aliphatic hydroxyl groups is 2. The lowest BCUT2D eigenvalue weighted by atomic mass is 10.3. The highest BCUT2D eigenvalue weighted by Crippen LogP contribution is 2.27. The number of ether oxygens (including phenoxy) is 1. The first-order valence-electron chi connectivity index (χ1n) is 6.21. The van der Waals surface area contributed by atoms with E-state index in [1.165, 1.54) is 0 Å². The van der Waals surface area contributed by atoms with E-state index in [0.29, 0.717) is 28.9 Å². The van der Waals surface area contributed by atoms with E-state index in [1.54, 1.807) is 18.2 Å². The van der Waals surface area contributed by atoms with E-state index >= 15 is 0 Å². The number of hydrogen-bond acceptors (Lipinski definition) is 4. The van der Waals surface area contributed by atoms with Crippen molar-refractivity contribution in [2.45, 2.75) is 18.6 Å². The minimum absolute atomic E-state index is 0.161. The Balaban J connectivity index is 1.78. The number of likely N-dealkylation sites (tertiary alicyclic amines) is 1. The second kappa shape index (κ2) is 6.77. The molecule has 0 aromatic heterocycles. The highest BCUT2D eigenvalue weighted by molar-refractivity contribution is 6.35. The van der Waals surface area contributed by atoms with Gasteiger partial charge in [0.2, 0.25) is 0 Å². The van der Waals surface area contributed by atoms with Gasteiger partial charge in [-0.3, -0.25) is 4.90 Å². The molecular formula is C13H17Cl2NO3. The van der Waals surface area contributed by atoms with E-state index in [0.717, 1.165) is 13.0 Å². The van der Waals surface area contributed by atoms with Gasteiger partial charge in [0.15, 0.2) is 0 Å². The van der Waals surface area contributed by atoms with Crippen molar-refractivity contribution in [2.75, 3.05) is 26.2 Å². The Labute approximate surface area is 122 Å². The minimum Gasteiger partial charge on any atom is -0.489 e. The molecule has 0 saturated carbocycles. The minimum atomic E-state index is -0.614. The van der Waals surface area contributed by atoms with Crippen molar-refractivity contribution in [2.24, 2.45) is 0 Å². The number of nitrogens with zero attached hydrogens (tertiary/aromatic N) is 1. The van der Waals surface area contributed by atoms with E-state index in [-0.39, 0.29) is 12.7 Å². The Morgan fingerprint density at radius 1 is 1.42 bits per heavy atom. The third-order valence-electron chi connectivity index (χ3n) is 3.04. The summed E-state index contributed by atoms with van der Waals surface area (Å²) in [5, 5.41) is 20.3. The zero-order valence-electron chi connectivity index (χ0n) is 10.4. The predicted molar refractivity (Wildman–Crippen MR) is 75.0 cm³/mol. The van der Waals surface area contributed by atoms with Crippen LogP contribution >= 0.6 is 23.2 Å². The third-order valence-corrected chi connectivity index (χ3v) is 3.57. The number of benzene rings is 1. The van der Waals surface area contributed by atoms with Crippen molar-refractivity contribution in [1.29, 1.82) is 0 Å². The summed E-state index contributed by atoms with van der Waals surface area (Å²) >= 11 is 11.8. The van der Waals surface area contributed by atoms with Gasteiger partial charge in [-0.1, -0.05) is 23.2 Å². The smallest absolute Gasteiger partial charge is 0.138 e. The Bertz CT molecular complexity index is 430. The molecule has 1 unspecified atom stereocenters. The average molecular weight is 306 g/mol. The molecule has 1 heterocycles. The predicted octanol–water partition coefficient (Wildman–Crippen LogP) is 1.80. The quantitative estimate of drug-likeness (QED) is 0.871. The summed E-state index contributed by atoms with van der Waals surface area (Å²) in [4.78, 5) is 2.02. The molecule has 0 aliphatic carbocycles. The molecule has 106 valence electrons. The largest absolute Gasteiger partial charge is 0.489 e. The summed E-state index contributed by atoms with van der Waals surface area (Å²) < 4.78 is 5.46. The van der Waals surface area contributed by atoms with Crippen LogP contribution in [0.4, 0.5) is 0 Å². The fourth-order valence-corrected chi connectivity index (χ4v) is 2.57. The molecule has 2 atom stereocenters. The molecule has 1 saturated heterocycles. The van der Waals surface area contributed by atoms with Gasteiger partial charge >= 0.3 is 0 Å². The summed E-state index contributed by atoms with van der Waals surface area (Å²) in [6.45, 7) is 2.06. The van der Waals surface area contributed by atoms with E-state index in [1.807, 2.05) is 4.90 Å². The fraction of sp³-hybridized carbons (Fsp3) is 0.538. The van der Waals surface area contributed by atoms with Gasteiger partial charge in [-0.2, -0.15) is 0 Å². The first kappa shape index (κ1) is 14.9. The first-order valence-corrected chi connectivity index (χ1v) is 6.96. The van der Waals surface area contributed by atoms with Crippen LogP contribution in [0.3, 0.4) is 0 Å². The Kier molecular flexibility index (Phi) is 5.30. The second-order valence-corrected chi connectivity index (χ2v) is 5.59. The van der Waals surface area contributed by atoms with E-state index in [4.69, 9.17) is 27.9 Å². The molecule has 0 amide bonds. The monoisotopic (exact) mass is 305 g/mol. The molecule has 2 N–H and O–H groups in total. The van der Waals surface area contributed by atoms with Crippen LogP contribution in [-0.4, -0.2) is 53.6 Å². The third kappa shape index (κ3) is 4.51. The van der Waals surface area contributed by atoms with Crippen LogP contribution in [0.2, 0.25) is 10.0 Å².